The normalized spacial score (nSPS) is 11.0. The predicted octanol–water partition coefficient (Wildman–Crippen LogP) is 9.50. The van der Waals surface area contributed by atoms with E-state index in [2.05, 4.69) is 79.8 Å². The molecule has 234 valence electrons. The molecule has 4 aromatic carbocycles. The molecule has 0 unspecified atom stereocenters. The van der Waals surface area contributed by atoms with Gasteiger partial charge in [-0.1, -0.05) is 24.3 Å². The molecule has 15 heteroatoms. The van der Waals surface area contributed by atoms with Gasteiger partial charge < -0.3 is 30.6 Å². The van der Waals surface area contributed by atoms with Gasteiger partial charge in [-0.3, -0.25) is 4.79 Å². The first-order valence-corrected chi connectivity index (χ1v) is 43.5. The number of hydrogen-bond donors (Lipinski definition) is 5. The Kier molecular flexibility index (Phi) is 17.0. The van der Waals surface area contributed by atoms with E-state index >= 15 is 0 Å². The summed E-state index contributed by atoms with van der Waals surface area (Å²) < 4.78 is 0. The quantitative estimate of drug-likeness (QED) is 0.115. The number of carboxylic acids is 2. The Morgan fingerprint density at radius 3 is 1.51 bits per heavy atom. The van der Waals surface area contributed by atoms with Crippen LogP contribution in [0.3, 0.4) is 0 Å². The van der Waals surface area contributed by atoms with Crippen LogP contribution in [0.5, 0.6) is 11.5 Å². The third kappa shape index (κ3) is 12.5. The van der Waals surface area contributed by atoms with E-state index in [1.165, 1.54) is 31.2 Å². The van der Waals surface area contributed by atoms with Gasteiger partial charge in [-0.2, -0.15) is 0 Å². The Bertz CT molecular complexity index is 1610. The fourth-order valence-electron chi connectivity index (χ4n) is 3.81. The first kappa shape index (κ1) is 38.9. The minimum absolute atomic E-state index is 0.0398. The van der Waals surface area contributed by atoms with E-state index < -0.39 is 11.9 Å². The van der Waals surface area contributed by atoms with Crippen LogP contribution in [0, 0.1) is 0 Å². The van der Waals surface area contributed by atoms with E-state index in [1.54, 1.807) is 18.0 Å². The van der Waals surface area contributed by atoms with Gasteiger partial charge in [0.2, 0.25) is 5.91 Å². The van der Waals surface area contributed by atoms with Gasteiger partial charge in [0, 0.05) is 27.1 Å². The number of fused-ring (bicyclic) bond motifs is 2. The summed E-state index contributed by atoms with van der Waals surface area (Å²) in [5.74, 6) is -2.79. The minimum atomic E-state index is -1.17. The third-order valence-corrected chi connectivity index (χ3v) is 171. The second kappa shape index (κ2) is 18.8. The van der Waals surface area contributed by atoms with Crippen LogP contribution in [0.1, 0.15) is 38.8 Å². The van der Waals surface area contributed by atoms with Crippen molar-refractivity contribution in [3.8, 4) is 11.5 Å². The Morgan fingerprint density at radius 2 is 1.14 bits per heavy atom. The number of carbonyl (C=O) groups excluding carboxylic acids is 1. The molecule has 9 nitrogen and oxygen atoms in total. The molecule has 0 saturated heterocycles. The standard InChI is InChI=1S/C15H15NO4.C13H13NO3.I6/c1-9(17)16(2)8-10-3-4-11-7-14(18)13(15(19)20)6-12(11)5-10;1-14-7-8-2-3-9-6-12(15)11(13(16)17)5-10(9)4-8;1-5(2)6(3)4/h3-7,18H,8H2,1-2H3,(H,19,20);2-6,14-15H,7H2,1H3,(H,16,17);. The second-order valence-electron chi connectivity index (χ2n) is 8.94. The number of aromatic hydroxyl groups is 2. The van der Waals surface area contributed by atoms with E-state index in [0.29, 0.717) is 6.54 Å². The van der Waals surface area contributed by atoms with Crippen LogP contribution in [-0.4, -0.2) is 57.3 Å². The van der Waals surface area contributed by atoms with Gasteiger partial charge in [0.15, 0.2) is 0 Å². The van der Waals surface area contributed by atoms with Gasteiger partial charge in [-0.25, -0.2) is 9.59 Å². The summed E-state index contributed by atoms with van der Waals surface area (Å²) in [6.45, 7) is 2.66. The summed E-state index contributed by atoms with van der Waals surface area (Å²) in [4.78, 5) is 34.7. The van der Waals surface area contributed by atoms with Crippen molar-refractivity contribution in [3.05, 3.63) is 82.9 Å². The number of halogens is 6. The molecule has 4 aromatic rings. The summed E-state index contributed by atoms with van der Waals surface area (Å²) in [5.41, 5.74) is 1.77. The summed E-state index contributed by atoms with van der Waals surface area (Å²) >= 11 is 10.5. The van der Waals surface area contributed by atoms with E-state index in [1.807, 2.05) is 37.4 Å². The van der Waals surface area contributed by atoms with Crippen molar-refractivity contribution < 1.29 is 34.8 Å². The Labute approximate surface area is 298 Å². The molecule has 0 atom stereocenters. The molecule has 0 aromatic heterocycles. The molecule has 0 radical (unpaired) electrons. The molecule has 0 aliphatic carbocycles. The number of carbonyl (C=O) groups is 3. The predicted molar refractivity (Wildman–Crippen MR) is 224 cm³/mol. The maximum absolute atomic E-state index is 11.2. The molecule has 4 rings (SSSR count). The fraction of sp³-hybridized carbons (Fsp3) is 0.179. The van der Waals surface area contributed by atoms with Crippen molar-refractivity contribution in [1.29, 1.82) is 0 Å². The van der Waals surface area contributed by atoms with Gasteiger partial charge >= 0.3 is 102 Å². The maximum atomic E-state index is 11.2. The SMILES string of the molecule is CC(=O)N(C)Cc1ccc2cc(O)c(C(=O)O)cc2c1.CNCc1ccc2cc(O)c(C(=O)O)cc2c1.II(I)I(I)I. The Morgan fingerprint density at radius 1 is 0.721 bits per heavy atom. The summed E-state index contributed by atoms with van der Waals surface area (Å²) in [5, 5.41) is 43.3. The average Bonchev–Trinajstić information content (AvgIpc) is 2.93. The van der Waals surface area contributed by atoms with Crippen LogP contribution in [0.2, 0.25) is 0 Å². The van der Waals surface area contributed by atoms with Gasteiger partial charge in [0.05, 0.1) is 0 Å². The Balaban J connectivity index is 0.000000255. The molecular formula is C28H28I6N2O7. The number of phenols is 2. The molecule has 0 bridgehead atoms. The van der Waals surface area contributed by atoms with Crippen LogP contribution in [0.4, 0.5) is 0 Å². The molecule has 1 amide bonds. The molecule has 0 heterocycles. The molecule has 43 heavy (non-hydrogen) atoms. The summed E-state index contributed by atoms with van der Waals surface area (Å²) in [7, 11) is 2.92. The van der Waals surface area contributed by atoms with Crippen molar-refractivity contribution >= 4 is 130 Å². The first-order valence-electron chi connectivity index (χ1n) is 12.1. The number of rotatable bonds is 7. The fourth-order valence-corrected chi connectivity index (χ4v) is 3.81. The van der Waals surface area contributed by atoms with Gasteiger partial charge in [0.1, 0.15) is 22.6 Å². The number of benzene rings is 4. The zero-order valence-corrected chi connectivity index (χ0v) is 35.9. The van der Waals surface area contributed by atoms with Crippen LogP contribution in [0.25, 0.3) is 21.5 Å². The van der Waals surface area contributed by atoms with Crippen LogP contribution in [-0.2, 0) is 17.9 Å². The average molecular weight is 1270 g/mol. The number of hydrogen-bond acceptors (Lipinski definition) is 6. The topological polar surface area (TPSA) is 147 Å². The molecule has 0 aliphatic heterocycles. The molecular weight excluding hydrogens is 1240 g/mol. The summed E-state index contributed by atoms with van der Waals surface area (Å²) in [6, 6.07) is 17.0. The number of aromatic carboxylic acids is 2. The monoisotopic (exact) mass is 1270 g/mol. The van der Waals surface area contributed by atoms with Crippen molar-refractivity contribution in [2.24, 2.45) is 0 Å². The van der Waals surface area contributed by atoms with Crippen LogP contribution in [0.15, 0.2) is 60.7 Å². The number of nitrogens with one attached hydrogen (secondary N) is 1. The molecule has 0 spiro atoms. The zero-order valence-electron chi connectivity index (χ0n) is 22.9. The van der Waals surface area contributed by atoms with Gasteiger partial charge in [-0.15, -0.1) is 0 Å². The van der Waals surface area contributed by atoms with Gasteiger partial charge in [-0.05, 0) is 76.1 Å². The number of nitrogens with zero attached hydrogens (tertiary/aromatic N) is 1. The van der Waals surface area contributed by atoms with Crippen LogP contribution >= 0.6 is 90.3 Å². The molecule has 0 fully saturated rings. The third-order valence-electron chi connectivity index (χ3n) is 5.92. The van der Waals surface area contributed by atoms with E-state index in [4.69, 9.17) is 10.2 Å². The van der Waals surface area contributed by atoms with Crippen molar-refractivity contribution in [3.63, 3.8) is 0 Å². The van der Waals surface area contributed by atoms with Crippen molar-refractivity contribution in [1.82, 2.24) is 10.2 Å². The summed E-state index contributed by atoms with van der Waals surface area (Å²) in [6.07, 6.45) is 0. The number of carboxylic acid groups (broad SMARTS) is 2. The molecule has 5 N–H and O–H groups in total. The number of amides is 1. The molecule has 0 aliphatic rings. The second-order valence-corrected chi connectivity index (χ2v) is 106. The van der Waals surface area contributed by atoms with Gasteiger partial charge in [0.25, 0.3) is 0 Å². The van der Waals surface area contributed by atoms with Crippen LogP contribution < -0.4 is 5.32 Å². The van der Waals surface area contributed by atoms with Crippen molar-refractivity contribution in [2.75, 3.05) is 14.1 Å². The zero-order chi connectivity index (χ0) is 32.4. The first-order chi connectivity index (χ1) is 20.1. The van der Waals surface area contributed by atoms with E-state index in [0.717, 1.165) is 39.2 Å². The van der Waals surface area contributed by atoms with E-state index in [-0.39, 0.29) is 44.3 Å². The van der Waals surface area contributed by atoms with Crippen molar-refractivity contribution in [2.45, 2.75) is 20.0 Å². The van der Waals surface area contributed by atoms with E-state index in [9.17, 15) is 24.6 Å². The Hall–Kier alpha value is -0.250. The molecule has 0 saturated carbocycles.